The van der Waals surface area contributed by atoms with E-state index < -0.39 is 0 Å². The zero-order valence-electron chi connectivity index (χ0n) is 18.4. The molecule has 0 heterocycles. The van der Waals surface area contributed by atoms with Gasteiger partial charge in [0.2, 0.25) is 0 Å². The van der Waals surface area contributed by atoms with Crippen LogP contribution in [0.25, 0.3) is 11.1 Å². The van der Waals surface area contributed by atoms with Crippen LogP contribution in [0.1, 0.15) is 75.6 Å². The van der Waals surface area contributed by atoms with Crippen LogP contribution >= 0.6 is 0 Å². The molecule has 0 bridgehead atoms. The predicted molar refractivity (Wildman–Crippen MR) is 115 cm³/mol. The SMILES string of the molecule is C[CH]C.C[CH]C.[O-]c1ccc2c(c1-c1c([O-])ccc3c1CCCC3)CCCC2.[Ti+2]. The van der Waals surface area contributed by atoms with Crippen LogP contribution in [0.15, 0.2) is 24.3 Å². The van der Waals surface area contributed by atoms with Gasteiger partial charge >= 0.3 is 21.7 Å². The Hall–Kier alpha value is -1.25. The van der Waals surface area contributed by atoms with Crippen molar-refractivity contribution in [2.45, 2.75) is 79.1 Å². The van der Waals surface area contributed by atoms with Gasteiger partial charge in [0.1, 0.15) is 0 Å². The smallest absolute Gasteiger partial charge is 0.872 e. The summed E-state index contributed by atoms with van der Waals surface area (Å²) in [6, 6.07) is 7.28. The molecule has 29 heavy (non-hydrogen) atoms. The molecule has 0 saturated carbocycles. The first kappa shape index (κ1) is 25.8. The van der Waals surface area contributed by atoms with Crippen LogP contribution in [0.5, 0.6) is 11.5 Å². The van der Waals surface area contributed by atoms with E-state index in [0.717, 1.165) is 60.8 Å². The summed E-state index contributed by atoms with van der Waals surface area (Å²) in [7, 11) is 0. The minimum atomic E-state index is 0. The Labute approximate surface area is 192 Å². The molecular formula is C26H34O2Ti. The van der Waals surface area contributed by atoms with Crippen molar-refractivity contribution in [3.05, 3.63) is 59.4 Å². The average Bonchev–Trinajstić information content (AvgIpc) is 2.70. The summed E-state index contributed by atoms with van der Waals surface area (Å²) >= 11 is 0. The number of hydrogen-bond donors (Lipinski definition) is 0. The van der Waals surface area contributed by atoms with E-state index in [2.05, 4.69) is 0 Å². The van der Waals surface area contributed by atoms with E-state index in [1.165, 1.54) is 24.0 Å². The second-order valence-electron chi connectivity index (χ2n) is 7.72. The van der Waals surface area contributed by atoms with E-state index >= 15 is 0 Å². The summed E-state index contributed by atoms with van der Waals surface area (Å²) in [6.07, 6.45) is 12.5. The summed E-state index contributed by atoms with van der Waals surface area (Å²) in [5.74, 6) is 0.0495. The summed E-state index contributed by atoms with van der Waals surface area (Å²) in [4.78, 5) is 0. The first-order valence-electron chi connectivity index (χ1n) is 10.7. The van der Waals surface area contributed by atoms with Crippen molar-refractivity contribution in [1.29, 1.82) is 0 Å². The molecule has 0 aromatic heterocycles. The third-order valence-electron chi connectivity index (χ3n) is 5.24. The zero-order chi connectivity index (χ0) is 20.5. The van der Waals surface area contributed by atoms with Crippen molar-refractivity contribution < 1.29 is 31.9 Å². The maximum atomic E-state index is 12.6. The summed E-state index contributed by atoms with van der Waals surface area (Å²) in [5.41, 5.74) is 6.29. The molecule has 2 aliphatic carbocycles. The molecule has 2 aromatic carbocycles. The Morgan fingerprint density at radius 3 is 1.24 bits per heavy atom. The van der Waals surface area contributed by atoms with Crippen molar-refractivity contribution in [2.24, 2.45) is 0 Å². The topological polar surface area (TPSA) is 46.1 Å². The Bertz CT molecular complexity index is 702. The van der Waals surface area contributed by atoms with Crippen LogP contribution < -0.4 is 10.2 Å². The van der Waals surface area contributed by atoms with E-state index in [9.17, 15) is 10.2 Å². The molecular weight excluding hydrogens is 392 g/mol. The fourth-order valence-corrected chi connectivity index (χ4v) is 4.16. The quantitative estimate of drug-likeness (QED) is 0.548. The number of rotatable bonds is 1. The Balaban J connectivity index is 0.000000540. The Kier molecular flexibility index (Phi) is 11.7. The van der Waals surface area contributed by atoms with Crippen molar-refractivity contribution in [1.82, 2.24) is 0 Å². The second-order valence-corrected chi connectivity index (χ2v) is 7.72. The fourth-order valence-electron chi connectivity index (χ4n) is 4.16. The van der Waals surface area contributed by atoms with Crippen LogP contribution in [0, 0.1) is 12.8 Å². The third kappa shape index (κ3) is 6.36. The van der Waals surface area contributed by atoms with Crippen molar-refractivity contribution >= 4 is 0 Å². The third-order valence-corrected chi connectivity index (χ3v) is 5.24. The maximum Gasteiger partial charge on any atom is 2.00 e. The van der Waals surface area contributed by atoms with Gasteiger partial charge in [-0.15, -0.1) is 11.5 Å². The Morgan fingerprint density at radius 2 is 0.897 bits per heavy atom. The molecule has 0 N–H and O–H groups in total. The minimum absolute atomic E-state index is 0. The molecule has 0 fully saturated rings. The fraction of sp³-hybridized carbons (Fsp3) is 0.462. The van der Waals surface area contributed by atoms with Crippen LogP contribution in [-0.2, 0) is 47.4 Å². The number of hydrogen-bond acceptors (Lipinski definition) is 2. The van der Waals surface area contributed by atoms with Crippen LogP contribution in [0.4, 0.5) is 0 Å². The van der Waals surface area contributed by atoms with E-state index in [0.29, 0.717) is 0 Å². The van der Waals surface area contributed by atoms with Gasteiger partial charge in [-0.1, -0.05) is 52.0 Å². The molecule has 0 aliphatic heterocycles. The van der Waals surface area contributed by atoms with Crippen molar-refractivity contribution in [2.75, 3.05) is 0 Å². The zero-order valence-corrected chi connectivity index (χ0v) is 20.0. The van der Waals surface area contributed by atoms with Gasteiger partial charge in [0, 0.05) is 0 Å². The van der Waals surface area contributed by atoms with Gasteiger partial charge in [0.15, 0.2) is 0 Å². The second kappa shape index (κ2) is 13.1. The van der Waals surface area contributed by atoms with E-state index in [4.69, 9.17) is 0 Å². The van der Waals surface area contributed by atoms with E-state index in [1.807, 2.05) is 52.7 Å². The van der Waals surface area contributed by atoms with Crippen LogP contribution in [-0.4, -0.2) is 0 Å². The number of fused-ring (bicyclic) bond motifs is 2. The first-order valence-corrected chi connectivity index (χ1v) is 10.7. The minimum Gasteiger partial charge on any atom is -0.872 e. The van der Waals surface area contributed by atoms with Gasteiger partial charge < -0.3 is 10.2 Å². The van der Waals surface area contributed by atoms with E-state index in [1.54, 1.807) is 12.1 Å². The molecule has 2 radical (unpaired) electrons. The summed E-state index contributed by atoms with van der Waals surface area (Å²) in [6.45, 7) is 8.00. The molecule has 2 nitrogen and oxygen atoms in total. The monoisotopic (exact) mass is 426 g/mol. The Morgan fingerprint density at radius 1 is 0.586 bits per heavy atom. The molecule has 2 aliphatic rings. The predicted octanol–water partition coefficient (Wildman–Crippen LogP) is 5.72. The van der Waals surface area contributed by atoms with Gasteiger partial charge in [-0.2, -0.15) is 0 Å². The van der Waals surface area contributed by atoms with Crippen LogP contribution in [0.2, 0.25) is 0 Å². The molecule has 0 saturated heterocycles. The normalized spacial score (nSPS) is 14.1. The number of benzene rings is 2. The van der Waals surface area contributed by atoms with Gasteiger partial charge in [-0.3, -0.25) is 0 Å². The number of aryl methyl sites for hydroxylation is 2. The summed E-state index contributed by atoms with van der Waals surface area (Å²) in [5, 5.41) is 25.2. The molecule has 3 heteroatoms. The van der Waals surface area contributed by atoms with Crippen molar-refractivity contribution in [3.63, 3.8) is 0 Å². The molecule has 0 atom stereocenters. The molecule has 0 amide bonds. The summed E-state index contributed by atoms with van der Waals surface area (Å²) < 4.78 is 0. The molecule has 154 valence electrons. The first-order chi connectivity index (χ1) is 13.6. The molecule has 0 spiro atoms. The van der Waals surface area contributed by atoms with Gasteiger partial charge in [0.25, 0.3) is 0 Å². The van der Waals surface area contributed by atoms with Gasteiger partial charge in [-0.05, 0) is 97.6 Å². The van der Waals surface area contributed by atoms with Crippen LogP contribution in [0.3, 0.4) is 0 Å². The van der Waals surface area contributed by atoms with Gasteiger partial charge in [0.05, 0.1) is 0 Å². The largest absolute Gasteiger partial charge is 2.00 e. The standard InChI is InChI=1S/C20H22O2.2C3H7.Ti/c21-17-11-9-13-5-1-3-7-15(13)19(17)20-16-8-4-2-6-14(16)10-12-18(20)22;2*1-3-2;/h9-12,21-22H,1-8H2;2*3H,1-2H3;/q;;;+2/p-2. The maximum absolute atomic E-state index is 12.6. The average molecular weight is 426 g/mol. The molecule has 4 rings (SSSR count). The van der Waals surface area contributed by atoms with Crippen molar-refractivity contribution in [3.8, 4) is 22.6 Å². The van der Waals surface area contributed by atoms with E-state index in [-0.39, 0.29) is 33.2 Å². The molecule has 0 unspecified atom stereocenters. The molecule has 2 aromatic rings. The van der Waals surface area contributed by atoms with Gasteiger partial charge in [-0.25, -0.2) is 0 Å².